The Kier molecular flexibility index (Phi) is 2.13. The number of nitrogens with zero attached hydrogens (tertiary/aromatic N) is 1. The molecule has 0 spiro atoms. The largest absolute Gasteiger partial charge is 0.384 e. The fourth-order valence-corrected chi connectivity index (χ4v) is 1.36. The third-order valence-electron chi connectivity index (χ3n) is 1.98. The van der Waals surface area contributed by atoms with Crippen molar-refractivity contribution in [2.45, 2.75) is 0 Å². The van der Waals surface area contributed by atoms with Gasteiger partial charge in [-0.05, 0) is 30.3 Å². The number of nitrogens with two attached hydrogens (primary N) is 2. The second-order valence-corrected chi connectivity index (χ2v) is 3.13. The summed E-state index contributed by atoms with van der Waals surface area (Å²) in [5.41, 5.74) is 12.0. The highest BCUT2D eigenvalue weighted by Gasteiger charge is 1.99. The lowest BCUT2D eigenvalue weighted by Gasteiger charge is -2.03. The molecule has 0 atom stereocenters. The number of urea groups is 1. The molecule has 15 heavy (non-hydrogen) atoms. The molecule has 0 fully saturated rings. The number of fused-ring (bicyclic) bond motifs is 1. The number of pyridine rings is 1. The summed E-state index contributed by atoms with van der Waals surface area (Å²) in [7, 11) is 0. The summed E-state index contributed by atoms with van der Waals surface area (Å²) < 4.78 is 0. The van der Waals surface area contributed by atoms with Crippen LogP contribution in [-0.4, -0.2) is 11.0 Å². The van der Waals surface area contributed by atoms with E-state index >= 15 is 0 Å². The van der Waals surface area contributed by atoms with Crippen molar-refractivity contribution >= 4 is 28.4 Å². The van der Waals surface area contributed by atoms with E-state index in [1.165, 1.54) is 0 Å². The monoisotopic (exact) mass is 202 g/mol. The third kappa shape index (κ3) is 1.96. The van der Waals surface area contributed by atoms with Gasteiger partial charge in [0.2, 0.25) is 0 Å². The first kappa shape index (κ1) is 9.26. The average Bonchev–Trinajstić information content (AvgIpc) is 2.17. The van der Waals surface area contributed by atoms with E-state index < -0.39 is 6.03 Å². The Labute approximate surface area is 86.1 Å². The number of nitrogen functional groups attached to an aromatic ring is 1. The van der Waals surface area contributed by atoms with Crippen LogP contribution in [0.2, 0.25) is 0 Å². The Hall–Kier alpha value is -2.30. The molecule has 0 aliphatic heterocycles. The van der Waals surface area contributed by atoms with Gasteiger partial charge in [0.05, 0.1) is 5.52 Å². The van der Waals surface area contributed by atoms with Crippen molar-refractivity contribution in [1.29, 1.82) is 0 Å². The quantitative estimate of drug-likeness (QED) is 0.650. The molecule has 2 amide bonds. The number of aromatic nitrogens is 1. The molecule has 0 aliphatic rings. The fraction of sp³-hybridized carbons (Fsp3) is 0. The molecule has 5 nitrogen and oxygen atoms in total. The van der Waals surface area contributed by atoms with E-state index in [1.54, 1.807) is 24.3 Å². The van der Waals surface area contributed by atoms with E-state index in [0.717, 1.165) is 10.9 Å². The van der Waals surface area contributed by atoms with Crippen molar-refractivity contribution in [3.8, 4) is 0 Å². The van der Waals surface area contributed by atoms with Gasteiger partial charge in [-0.1, -0.05) is 0 Å². The Morgan fingerprint density at radius 1 is 1.27 bits per heavy atom. The van der Waals surface area contributed by atoms with Gasteiger partial charge in [0.15, 0.2) is 0 Å². The molecule has 1 aromatic heterocycles. The summed E-state index contributed by atoms with van der Waals surface area (Å²) in [6.07, 6.45) is 0. The van der Waals surface area contributed by atoms with E-state index in [-0.39, 0.29) is 0 Å². The molecule has 0 radical (unpaired) electrons. The lowest BCUT2D eigenvalue weighted by molar-refractivity contribution is 0.259. The van der Waals surface area contributed by atoms with Gasteiger partial charge in [0, 0.05) is 11.1 Å². The second-order valence-electron chi connectivity index (χ2n) is 3.13. The van der Waals surface area contributed by atoms with E-state index in [4.69, 9.17) is 11.5 Å². The van der Waals surface area contributed by atoms with E-state index in [9.17, 15) is 4.79 Å². The number of carbonyl (C=O) groups is 1. The van der Waals surface area contributed by atoms with Crippen LogP contribution in [0.5, 0.6) is 0 Å². The van der Waals surface area contributed by atoms with Gasteiger partial charge in [0.25, 0.3) is 0 Å². The zero-order chi connectivity index (χ0) is 10.8. The van der Waals surface area contributed by atoms with E-state index in [2.05, 4.69) is 10.3 Å². The Morgan fingerprint density at radius 3 is 2.80 bits per heavy atom. The lowest BCUT2D eigenvalue weighted by Crippen LogP contribution is -2.19. The molecule has 76 valence electrons. The van der Waals surface area contributed by atoms with Crippen molar-refractivity contribution in [3.63, 3.8) is 0 Å². The summed E-state index contributed by atoms with van der Waals surface area (Å²) in [6.45, 7) is 0. The van der Waals surface area contributed by atoms with Gasteiger partial charge in [-0.2, -0.15) is 0 Å². The van der Waals surface area contributed by atoms with Gasteiger partial charge >= 0.3 is 6.03 Å². The van der Waals surface area contributed by atoms with Crippen LogP contribution in [-0.2, 0) is 0 Å². The van der Waals surface area contributed by atoms with Crippen LogP contribution < -0.4 is 16.8 Å². The average molecular weight is 202 g/mol. The summed E-state index contributed by atoms with van der Waals surface area (Å²) in [5, 5.41) is 3.39. The van der Waals surface area contributed by atoms with Crippen LogP contribution in [0.25, 0.3) is 10.9 Å². The molecule has 5 heteroatoms. The maximum absolute atomic E-state index is 10.6. The van der Waals surface area contributed by atoms with Gasteiger partial charge < -0.3 is 16.8 Å². The third-order valence-corrected chi connectivity index (χ3v) is 1.98. The first-order valence-corrected chi connectivity index (χ1v) is 4.38. The number of primary amides is 1. The standard InChI is InChI=1S/C10H10N4O/c11-9-4-1-6-5-7(13-10(12)15)2-3-8(6)14-9/h1-5H,(H2,11,14)(H3,12,13,15). The highest BCUT2D eigenvalue weighted by Crippen LogP contribution is 2.18. The maximum atomic E-state index is 10.6. The number of benzene rings is 1. The number of anilines is 2. The molecular formula is C10H10N4O. The second kappa shape index (κ2) is 3.45. The smallest absolute Gasteiger partial charge is 0.316 e. The topological polar surface area (TPSA) is 94.0 Å². The van der Waals surface area contributed by atoms with Crippen molar-refractivity contribution < 1.29 is 4.79 Å². The molecular weight excluding hydrogens is 192 g/mol. The van der Waals surface area contributed by atoms with Crippen molar-refractivity contribution in [2.24, 2.45) is 5.73 Å². The zero-order valence-corrected chi connectivity index (χ0v) is 7.90. The molecule has 2 aromatic rings. The lowest BCUT2D eigenvalue weighted by atomic mass is 10.2. The number of amides is 2. The van der Waals surface area contributed by atoms with Crippen LogP contribution in [0, 0.1) is 0 Å². The summed E-state index contributed by atoms with van der Waals surface area (Å²) in [4.78, 5) is 14.8. The Balaban J connectivity index is 2.47. The molecule has 2 rings (SSSR count). The van der Waals surface area contributed by atoms with Gasteiger partial charge in [-0.25, -0.2) is 9.78 Å². The fourth-order valence-electron chi connectivity index (χ4n) is 1.36. The van der Waals surface area contributed by atoms with Crippen LogP contribution in [0.1, 0.15) is 0 Å². The summed E-state index contributed by atoms with van der Waals surface area (Å²) in [5.74, 6) is 0.470. The summed E-state index contributed by atoms with van der Waals surface area (Å²) in [6, 6.07) is 8.24. The molecule has 0 aliphatic carbocycles. The first-order chi connectivity index (χ1) is 7.15. The highest BCUT2D eigenvalue weighted by atomic mass is 16.2. The zero-order valence-electron chi connectivity index (χ0n) is 7.90. The van der Waals surface area contributed by atoms with Gasteiger partial charge in [-0.3, -0.25) is 0 Å². The van der Waals surface area contributed by atoms with Crippen molar-refractivity contribution in [1.82, 2.24) is 4.98 Å². The minimum atomic E-state index is -0.585. The highest BCUT2D eigenvalue weighted by molar-refractivity contribution is 5.91. The number of carbonyl (C=O) groups excluding carboxylic acids is 1. The summed E-state index contributed by atoms with van der Waals surface area (Å²) >= 11 is 0. The predicted molar refractivity (Wildman–Crippen MR) is 59.4 cm³/mol. The van der Waals surface area contributed by atoms with Crippen LogP contribution >= 0.6 is 0 Å². The molecule has 1 aromatic carbocycles. The molecule has 0 saturated carbocycles. The minimum absolute atomic E-state index is 0.470. The number of hydrogen-bond acceptors (Lipinski definition) is 3. The molecule has 0 unspecified atom stereocenters. The Morgan fingerprint density at radius 2 is 2.07 bits per heavy atom. The van der Waals surface area contributed by atoms with Gasteiger partial charge in [0.1, 0.15) is 5.82 Å². The number of rotatable bonds is 1. The van der Waals surface area contributed by atoms with Crippen molar-refractivity contribution in [2.75, 3.05) is 11.1 Å². The molecule has 0 bridgehead atoms. The Bertz CT molecular complexity index is 524. The van der Waals surface area contributed by atoms with Crippen LogP contribution in [0.15, 0.2) is 30.3 Å². The minimum Gasteiger partial charge on any atom is -0.384 e. The SMILES string of the molecule is NC(=O)Nc1ccc2nc(N)ccc2c1. The normalized spacial score (nSPS) is 10.1. The first-order valence-electron chi connectivity index (χ1n) is 4.38. The molecule has 0 saturated heterocycles. The van der Waals surface area contributed by atoms with E-state index in [1.807, 2.05) is 6.07 Å². The predicted octanol–water partition coefficient (Wildman–Crippen LogP) is 1.31. The number of hydrogen-bond donors (Lipinski definition) is 3. The number of nitrogens with one attached hydrogen (secondary N) is 1. The van der Waals surface area contributed by atoms with Gasteiger partial charge in [-0.15, -0.1) is 0 Å². The van der Waals surface area contributed by atoms with Crippen molar-refractivity contribution in [3.05, 3.63) is 30.3 Å². The molecule has 5 N–H and O–H groups in total. The maximum Gasteiger partial charge on any atom is 0.316 e. The molecule has 1 heterocycles. The van der Waals surface area contributed by atoms with E-state index in [0.29, 0.717) is 11.5 Å². The van der Waals surface area contributed by atoms with Crippen LogP contribution in [0.4, 0.5) is 16.3 Å². The van der Waals surface area contributed by atoms with Crippen LogP contribution in [0.3, 0.4) is 0 Å².